The molecule has 0 saturated carbocycles. The monoisotopic (exact) mass is 342 g/mol. The minimum absolute atomic E-state index is 0.00404. The number of nitro groups is 1. The van der Waals surface area contributed by atoms with Gasteiger partial charge in [0, 0.05) is 24.6 Å². The van der Waals surface area contributed by atoms with Gasteiger partial charge in [-0.2, -0.15) is 0 Å². The lowest BCUT2D eigenvalue weighted by Gasteiger charge is -2.07. The Morgan fingerprint density at radius 2 is 1.80 bits per heavy atom. The molecule has 25 heavy (non-hydrogen) atoms. The number of para-hydroxylation sites is 2. The van der Waals surface area contributed by atoms with Crippen LogP contribution in [0, 0.1) is 10.1 Å². The van der Waals surface area contributed by atoms with E-state index in [9.17, 15) is 19.7 Å². The van der Waals surface area contributed by atoms with E-state index in [4.69, 9.17) is 4.74 Å². The van der Waals surface area contributed by atoms with E-state index in [1.54, 1.807) is 42.5 Å². The maximum Gasteiger partial charge on any atom is 0.311 e. The Balaban J connectivity index is 1.77. The normalized spacial score (nSPS) is 10.1. The average molecular weight is 342 g/mol. The molecule has 2 aromatic carbocycles. The van der Waals surface area contributed by atoms with Gasteiger partial charge in [-0.1, -0.05) is 12.1 Å². The predicted molar refractivity (Wildman–Crippen MR) is 92.9 cm³/mol. The maximum atomic E-state index is 11.8. The van der Waals surface area contributed by atoms with Gasteiger partial charge in [0.2, 0.25) is 0 Å². The fraction of sp³-hybridized carbons (Fsp3) is 0.222. The number of ether oxygens (including phenoxy) is 1. The van der Waals surface area contributed by atoms with Crippen molar-refractivity contribution in [3.8, 4) is 5.75 Å². The maximum absolute atomic E-state index is 11.8. The highest BCUT2D eigenvalue weighted by Crippen LogP contribution is 2.23. The molecule has 0 spiro atoms. The molecule has 0 fully saturated rings. The fourth-order valence-corrected chi connectivity index (χ4v) is 2.18. The number of ketones is 1. The first-order chi connectivity index (χ1) is 12.0. The van der Waals surface area contributed by atoms with E-state index in [1.165, 1.54) is 13.0 Å². The number of nitro benzene ring substituents is 1. The van der Waals surface area contributed by atoms with Gasteiger partial charge in [-0.25, -0.2) is 0 Å². The minimum Gasteiger partial charge on any atom is -0.427 e. The van der Waals surface area contributed by atoms with Crippen LogP contribution in [-0.4, -0.2) is 23.2 Å². The summed E-state index contributed by atoms with van der Waals surface area (Å²) in [6.07, 6.45) is 0.637. The zero-order valence-corrected chi connectivity index (χ0v) is 13.7. The molecule has 0 radical (unpaired) electrons. The van der Waals surface area contributed by atoms with Gasteiger partial charge < -0.3 is 10.1 Å². The summed E-state index contributed by atoms with van der Waals surface area (Å²) in [5.74, 6) is -0.0828. The van der Waals surface area contributed by atoms with Crippen LogP contribution >= 0.6 is 0 Å². The fourth-order valence-electron chi connectivity index (χ4n) is 2.18. The number of hydrogen-bond donors (Lipinski definition) is 1. The van der Waals surface area contributed by atoms with E-state index in [-0.39, 0.29) is 17.9 Å². The van der Waals surface area contributed by atoms with E-state index in [1.807, 2.05) is 0 Å². The first-order valence-electron chi connectivity index (χ1n) is 7.76. The van der Waals surface area contributed by atoms with Crippen LogP contribution in [0.2, 0.25) is 0 Å². The van der Waals surface area contributed by atoms with Crippen molar-refractivity contribution in [2.45, 2.75) is 19.8 Å². The van der Waals surface area contributed by atoms with Gasteiger partial charge in [0.05, 0.1) is 4.92 Å². The molecule has 2 rings (SSSR count). The predicted octanol–water partition coefficient (Wildman–Crippen LogP) is 3.60. The van der Waals surface area contributed by atoms with E-state index in [0.29, 0.717) is 30.0 Å². The molecular weight excluding hydrogens is 324 g/mol. The number of carbonyl (C=O) groups excluding carboxylic acids is 2. The van der Waals surface area contributed by atoms with Gasteiger partial charge in [-0.3, -0.25) is 19.7 Å². The smallest absolute Gasteiger partial charge is 0.311 e. The standard InChI is InChI=1S/C18H18N2O5/c1-13(21)14-8-10-15(11-9-14)25-18(22)7-4-12-19-16-5-2-3-6-17(16)20(23)24/h2-3,5-6,8-11,19H,4,7,12H2,1H3. The van der Waals surface area contributed by atoms with Crippen LogP contribution in [0.1, 0.15) is 30.1 Å². The summed E-state index contributed by atoms with van der Waals surface area (Å²) in [4.78, 5) is 33.4. The third-order valence-electron chi connectivity index (χ3n) is 3.47. The highest BCUT2D eigenvalue weighted by atomic mass is 16.6. The molecule has 7 heteroatoms. The van der Waals surface area contributed by atoms with Crippen LogP contribution in [0.3, 0.4) is 0 Å². The van der Waals surface area contributed by atoms with Gasteiger partial charge in [-0.15, -0.1) is 0 Å². The molecule has 0 aromatic heterocycles. The number of rotatable bonds is 8. The van der Waals surface area contributed by atoms with Crippen molar-refractivity contribution in [3.63, 3.8) is 0 Å². The van der Waals surface area contributed by atoms with Crippen LogP contribution in [0.4, 0.5) is 11.4 Å². The lowest BCUT2D eigenvalue weighted by Crippen LogP contribution is -2.11. The largest absolute Gasteiger partial charge is 0.427 e. The third kappa shape index (κ3) is 5.42. The van der Waals surface area contributed by atoms with Crippen molar-refractivity contribution in [2.75, 3.05) is 11.9 Å². The lowest BCUT2D eigenvalue weighted by molar-refractivity contribution is -0.384. The molecule has 0 bridgehead atoms. The molecule has 0 saturated heterocycles. The second-order valence-electron chi connectivity index (χ2n) is 5.36. The molecule has 130 valence electrons. The number of nitrogens with one attached hydrogen (secondary N) is 1. The lowest BCUT2D eigenvalue weighted by atomic mass is 10.1. The van der Waals surface area contributed by atoms with Crippen molar-refractivity contribution < 1.29 is 19.2 Å². The Hall–Kier alpha value is -3.22. The number of hydrogen-bond acceptors (Lipinski definition) is 6. The van der Waals surface area contributed by atoms with Gasteiger partial charge in [0.25, 0.3) is 5.69 Å². The van der Waals surface area contributed by atoms with Crippen LogP contribution < -0.4 is 10.1 Å². The molecule has 0 amide bonds. The van der Waals surface area contributed by atoms with Gasteiger partial charge in [-0.05, 0) is 43.7 Å². The van der Waals surface area contributed by atoms with Crippen LogP contribution in [-0.2, 0) is 4.79 Å². The molecule has 2 aromatic rings. The Labute approximate surface area is 144 Å². The van der Waals surface area contributed by atoms with Crippen LogP contribution in [0.5, 0.6) is 5.75 Å². The molecule has 0 aliphatic heterocycles. The Morgan fingerprint density at radius 3 is 2.44 bits per heavy atom. The summed E-state index contributed by atoms with van der Waals surface area (Å²) in [5, 5.41) is 13.8. The van der Waals surface area contributed by atoms with E-state index < -0.39 is 10.9 Å². The number of nitrogens with zero attached hydrogens (tertiary/aromatic N) is 1. The zero-order valence-electron chi connectivity index (χ0n) is 13.7. The second kappa shape index (κ2) is 8.58. The van der Waals surface area contributed by atoms with E-state index in [0.717, 1.165) is 0 Å². The number of Topliss-reactive ketones (excluding diaryl/α,β-unsaturated/α-hetero) is 1. The van der Waals surface area contributed by atoms with Crippen molar-refractivity contribution >= 4 is 23.1 Å². The van der Waals surface area contributed by atoms with Gasteiger partial charge >= 0.3 is 5.97 Å². The Morgan fingerprint density at radius 1 is 1.12 bits per heavy atom. The SMILES string of the molecule is CC(=O)c1ccc(OC(=O)CCCNc2ccccc2[N+](=O)[O-])cc1. The average Bonchev–Trinajstić information content (AvgIpc) is 2.59. The van der Waals surface area contributed by atoms with Crippen molar-refractivity contribution in [2.24, 2.45) is 0 Å². The Bertz CT molecular complexity index is 771. The zero-order chi connectivity index (χ0) is 18.2. The second-order valence-corrected chi connectivity index (χ2v) is 5.36. The summed E-state index contributed by atoms with van der Waals surface area (Å²) in [6, 6.07) is 12.7. The van der Waals surface area contributed by atoms with E-state index >= 15 is 0 Å². The minimum atomic E-state index is -0.457. The highest BCUT2D eigenvalue weighted by Gasteiger charge is 2.12. The Kier molecular flexibility index (Phi) is 6.22. The number of carbonyl (C=O) groups is 2. The number of esters is 1. The third-order valence-corrected chi connectivity index (χ3v) is 3.47. The van der Waals surface area contributed by atoms with Crippen LogP contribution in [0.15, 0.2) is 48.5 Å². The summed E-state index contributed by atoms with van der Waals surface area (Å²) in [5.41, 5.74) is 0.963. The van der Waals surface area contributed by atoms with E-state index in [2.05, 4.69) is 5.32 Å². The van der Waals surface area contributed by atoms with Gasteiger partial charge in [0.15, 0.2) is 5.78 Å². The topological polar surface area (TPSA) is 98.5 Å². The molecule has 0 aliphatic rings. The summed E-state index contributed by atoms with van der Waals surface area (Å²) < 4.78 is 5.18. The first kappa shape index (κ1) is 18.1. The quantitative estimate of drug-likeness (QED) is 0.196. The molecule has 0 atom stereocenters. The molecular formula is C18H18N2O5. The van der Waals surface area contributed by atoms with Crippen molar-refractivity contribution in [1.82, 2.24) is 0 Å². The molecule has 0 heterocycles. The summed E-state index contributed by atoms with van der Waals surface area (Å²) in [7, 11) is 0. The molecule has 0 unspecified atom stereocenters. The molecule has 0 aliphatic carbocycles. The van der Waals surface area contributed by atoms with Crippen molar-refractivity contribution in [1.29, 1.82) is 0 Å². The molecule has 7 nitrogen and oxygen atoms in total. The van der Waals surface area contributed by atoms with Crippen LogP contribution in [0.25, 0.3) is 0 Å². The first-order valence-corrected chi connectivity index (χ1v) is 7.76. The number of benzene rings is 2. The van der Waals surface area contributed by atoms with Gasteiger partial charge in [0.1, 0.15) is 11.4 Å². The highest BCUT2D eigenvalue weighted by molar-refractivity contribution is 5.94. The molecule has 1 N–H and O–H groups in total. The van der Waals surface area contributed by atoms with Crippen molar-refractivity contribution in [3.05, 3.63) is 64.2 Å². The number of anilines is 1. The summed E-state index contributed by atoms with van der Waals surface area (Å²) >= 11 is 0. The summed E-state index contributed by atoms with van der Waals surface area (Å²) in [6.45, 7) is 1.87.